The second kappa shape index (κ2) is 3.99. The van der Waals surface area contributed by atoms with E-state index in [2.05, 4.69) is 10.2 Å². The van der Waals surface area contributed by atoms with Crippen molar-refractivity contribution >= 4 is 11.3 Å². The van der Waals surface area contributed by atoms with Crippen LogP contribution in [-0.4, -0.2) is 29.5 Å². The molecule has 0 spiro atoms. The van der Waals surface area contributed by atoms with Crippen LogP contribution in [0.2, 0.25) is 0 Å². The summed E-state index contributed by atoms with van der Waals surface area (Å²) in [4.78, 5) is 0. The van der Waals surface area contributed by atoms with Crippen LogP contribution in [-0.2, 0) is 11.3 Å². The van der Waals surface area contributed by atoms with Crippen molar-refractivity contribution in [2.45, 2.75) is 19.1 Å². The highest BCUT2D eigenvalue weighted by molar-refractivity contribution is 7.13. The van der Waals surface area contributed by atoms with E-state index in [1.165, 1.54) is 11.3 Å². The Morgan fingerprint density at radius 2 is 2.54 bits per heavy atom. The zero-order valence-electron chi connectivity index (χ0n) is 7.10. The van der Waals surface area contributed by atoms with Crippen molar-refractivity contribution in [2.75, 3.05) is 13.2 Å². The third-order valence-electron chi connectivity index (χ3n) is 1.78. The molecule has 1 atom stereocenters. The fourth-order valence-electron chi connectivity index (χ4n) is 1.12. The lowest BCUT2D eigenvalue weighted by Crippen LogP contribution is -2.15. The van der Waals surface area contributed by atoms with E-state index in [4.69, 9.17) is 15.2 Å². The first-order valence-corrected chi connectivity index (χ1v) is 4.97. The second-order valence-electron chi connectivity index (χ2n) is 2.77. The molecule has 1 aliphatic heterocycles. The minimum absolute atomic E-state index is 0.138. The van der Waals surface area contributed by atoms with E-state index in [1.807, 2.05) is 0 Å². The summed E-state index contributed by atoms with van der Waals surface area (Å²) < 4.78 is 10.7. The first-order valence-electron chi connectivity index (χ1n) is 4.15. The smallest absolute Gasteiger partial charge is 0.294 e. The number of aromatic nitrogens is 2. The fourth-order valence-corrected chi connectivity index (χ4v) is 1.75. The van der Waals surface area contributed by atoms with Crippen LogP contribution in [0.15, 0.2) is 0 Å². The third-order valence-corrected chi connectivity index (χ3v) is 2.61. The maximum atomic E-state index is 5.52. The molecule has 2 heterocycles. The largest absolute Gasteiger partial charge is 0.463 e. The van der Waals surface area contributed by atoms with Gasteiger partial charge in [-0.25, -0.2) is 0 Å². The Hall–Kier alpha value is -0.720. The van der Waals surface area contributed by atoms with E-state index in [0.29, 0.717) is 18.3 Å². The van der Waals surface area contributed by atoms with E-state index in [1.54, 1.807) is 0 Å². The summed E-state index contributed by atoms with van der Waals surface area (Å²) in [6.07, 6.45) is 1.07. The molecule has 0 aliphatic carbocycles. The molecule has 1 saturated heterocycles. The maximum absolute atomic E-state index is 5.52. The van der Waals surface area contributed by atoms with Gasteiger partial charge in [0.25, 0.3) is 5.19 Å². The Balaban J connectivity index is 1.92. The second-order valence-corrected chi connectivity index (χ2v) is 3.79. The molecule has 2 rings (SSSR count). The van der Waals surface area contributed by atoms with Gasteiger partial charge in [0.1, 0.15) is 11.1 Å². The summed E-state index contributed by atoms with van der Waals surface area (Å²) in [5.41, 5.74) is 5.40. The third kappa shape index (κ3) is 2.15. The van der Waals surface area contributed by atoms with Crippen molar-refractivity contribution in [3.63, 3.8) is 0 Å². The summed E-state index contributed by atoms with van der Waals surface area (Å²) in [6.45, 7) is 1.84. The van der Waals surface area contributed by atoms with Crippen LogP contribution in [0.5, 0.6) is 5.19 Å². The number of rotatable bonds is 3. The van der Waals surface area contributed by atoms with E-state index in [-0.39, 0.29) is 6.10 Å². The minimum atomic E-state index is 0.138. The average Bonchev–Trinajstić information content (AvgIpc) is 2.76. The molecule has 0 radical (unpaired) electrons. The summed E-state index contributed by atoms with van der Waals surface area (Å²) in [5, 5.41) is 9.11. The monoisotopic (exact) mass is 201 g/mol. The lowest BCUT2D eigenvalue weighted by Gasteiger charge is -2.06. The van der Waals surface area contributed by atoms with Crippen LogP contribution in [0, 0.1) is 0 Å². The number of nitrogens with zero attached hydrogens (tertiary/aromatic N) is 2. The number of ether oxygens (including phenoxy) is 2. The van der Waals surface area contributed by atoms with Crippen LogP contribution in [0.4, 0.5) is 0 Å². The molecule has 1 aliphatic rings. The van der Waals surface area contributed by atoms with Gasteiger partial charge in [-0.3, -0.25) is 0 Å². The quantitative estimate of drug-likeness (QED) is 0.754. The SMILES string of the molecule is NCc1nnc(OC2CCOC2)s1. The van der Waals surface area contributed by atoms with Crippen molar-refractivity contribution < 1.29 is 9.47 Å². The van der Waals surface area contributed by atoms with Crippen molar-refractivity contribution in [1.82, 2.24) is 10.2 Å². The lowest BCUT2D eigenvalue weighted by atomic mass is 10.3. The molecule has 2 N–H and O–H groups in total. The summed E-state index contributed by atoms with van der Waals surface area (Å²) in [5.74, 6) is 0. The fraction of sp³-hybridized carbons (Fsp3) is 0.714. The van der Waals surface area contributed by atoms with Crippen LogP contribution >= 0.6 is 11.3 Å². The predicted molar refractivity (Wildman–Crippen MR) is 47.7 cm³/mol. The molecule has 0 saturated carbocycles. The van der Waals surface area contributed by atoms with Gasteiger partial charge in [-0.2, -0.15) is 0 Å². The molecule has 6 heteroatoms. The molecule has 5 nitrogen and oxygen atoms in total. The molecule has 0 bridgehead atoms. The maximum Gasteiger partial charge on any atom is 0.294 e. The van der Waals surface area contributed by atoms with Gasteiger partial charge in [0.05, 0.1) is 13.2 Å². The van der Waals surface area contributed by atoms with Gasteiger partial charge in [0.15, 0.2) is 0 Å². The Morgan fingerprint density at radius 1 is 1.62 bits per heavy atom. The van der Waals surface area contributed by atoms with Gasteiger partial charge in [-0.05, 0) is 0 Å². The van der Waals surface area contributed by atoms with Crippen molar-refractivity contribution in [2.24, 2.45) is 5.73 Å². The standard InChI is InChI=1S/C7H11N3O2S/c8-3-6-9-10-7(13-6)12-5-1-2-11-4-5/h5H,1-4,8H2. The highest BCUT2D eigenvalue weighted by atomic mass is 32.1. The Morgan fingerprint density at radius 3 is 3.15 bits per heavy atom. The molecule has 1 aromatic heterocycles. The first-order chi connectivity index (χ1) is 6.38. The van der Waals surface area contributed by atoms with E-state index in [9.17, 15) is 0 Å². The normalized spacial score (nSPS) is 22.1. The van der Waals surface area contributed by atoms with Gasteiger partial charge >= 0.3 is 0 Å². The first kappa shape index (κ1) is 8.86. The van der Waals surface area contributed by atoms with Gasteiger partial charge in [0, 0.05) is 13.0 Å². The van der Waals surface area contributed by atoms with Gasteiger partial charge in [-0.1, -0.05) is 16.4 Å². The van der Waals surface area contributed by atoms with Crippen LogP contribution < -0.4 is 10.5 Å². The molecule has 1 fully saturated rings. The molecular weight excluding hydrogens is 190 g/mol. The van der Waals surface area contributed by atoms with Crippen molar-refractivity contribution in [1.29, 1.82) is 0 Å². The highest BCUT2D eigenvalue weighted by Gasteiger charge is 2.18. The highest BCUT2D eigenvalue weighted by Crippen LogP contribution is 2.20. The number of nitrogens with two attached hydrogens (primary N) is 1. The van der Waals surface area contributed by atoms with Gasteiger partial charge in [0.2, 0.25) is 0 Å². The Kier molecular flexibility index (Phi) is 2.72. The molecular formula is C7H11N3O2S. The van der Waals surface area contributed by atoms with E-state index >= 15 is 0 Å². The molecule has 1 unspecified atom stereocenters. The molecule has 0 amide bonds. The van der Waals surface area contributed by atoms with E-state index < -0.39 is 0 Å². The zero-order chi connectivity index (χ0) is 9.10. The van der Waals surface area contributed by atoms with Gasteiger partial charge in [-0.15, -0.1) is 5.10 Å². The summed E-state index contributed by atoms with van der Waals surface area (Å²) in [7, 11) is 0. The topological polar surface area (TPSA) is 70.3 Å². The summed E-state index contributed by atoms with van der Waals surface area (Å²) in [6, 6.07) is 0. The van der Waals surface area contributed by atoms with Gasteiger partial charge < -0.3 is 15.2 Å². The van der Waals surface area contributed by atoms with Crippen molar-refractivity contribution in [3.8, 4) is 5.19 Å². The molecule has 1 aromatic rings. The average molecular weight is 201 g/mol. The Labute approximate surface area is 79.9 Å². The van der Waals surface area contributed by atoms with E-state index in [0.717, 1.165) is 18.0 Å². The lowest BCUT2D eigenvalue weighted by molar-refractivity contribution is 0.140. The van der Waals surface area contributed by atoms with Crippen LogP contribution in [0.25, 0.3) is 0 Å². The molecule has 72 valence electrons. The van der Waals surface area contributed by atoms with Crippen LogP contribution in [0.1, 0.15) is 11.4 Å². The van der Waals surface area contributed by atoms with Crippen molar-refractivity contribution in [3.05, 3.63) is 5.01 Å². The molecule has 13 heavy (non-hydrogen) atoms. The number of hydrogen-bond donors (Lipinski definition) is 1. The minimum Gasteiger partial charge on any atom is -0.463 e. The predicted octanol–water partition coefficient (Wildman–Crippen LogP) is 0.164. The summed E-state index contributed by atoms with van der Waals surface area (Å²) >= 11 is 1.39. The van der Waals surface area contributed by atoms with Crippen LogP contribution in [0.3, 0.4) is 0 Å². The number of hydrogen-bond acceptors (Lipinski definition) is 6. The molecule has 0 aromatic carbocycles. The Bertz CT molecular complexity index is 272. The zero-order valence-corrected chi connectivity index (χ0v) is 7.92.